The summed E-state index contributed by atoms with van der Waals surface area (Å²) in [6.07, 6.45) is 5.18. The lowest BCUT2D eigenvalue weighted by molar-refractivity contribution is 0.190. The van der Waals surface area contributed by atoms with Gasteiger partial charge < -0.3 is 4.90 Å². The summed E-state index contributed by atoms with van der Waals surface area (Å²) in [4.78, 5) is 19.4. The summed E-state index contributed by atoms with van der Waals surface area (Å²) >= 11 is 1.45. The smallest absolute Gasteiger partial charge is 0.323 e. The fourth-order valence-corrected chi connectivity index (χ4v) is 4.61. The van der Waals surface area contributed by atoms with Crippen LogP contribution in [-0.4, -0.2) is 49.7 Å². The van der Waals surface area contributed by atoms with E-state index in [-0.39, 0.29) is 12.1 Å². The van der Waals surface area contributed by atoms with Gasteiger partial charge in [0.05, 0.1) is 6.26 Å². The first kappa shape index (κ1) is 18.8. The molecule has 0 radical (unpaired) electrons. The Morgan fingerprint density at radius 1 is 1.35 bits per heavy atom. The molecule has 7 nitrogen and oxygen atoms in total. The molecule has 26 heavy (non-hydrogen) atoms. The highest BCUT2D eigenvalue weighted by molar-refractivity contribution is 7.88. The fourth-order valence-electron chi connectivity index (χ4n) is 2.98. The Morgan fingerprint density at radius 2 is 2.12 bits per heavy atom. The number of anilines is 1. The third-order valence-corrected chi connectivity index (χ3v) is 5.75. The highest BCUT2D eigenvalue weighted by Crippen LogP contribution is 2.22. The van der Waals surface area contributed by atoms with Crippen LogP contribution in [0.2, 0.25) is 0 Å². The average molecular weight is 395 g/mol. The van der Waals surface area contributed by atoms with Gasteiger partial charge in [0.25, 0.3) is 0 Å². The van der Waals surface area contributed by atoms with Gasteiger partial charge in [-0.1, -0.05) is 30.3 Å². The SMILES string of the molecule is CS(=O)(=O)N[C@@H]1CCCN(C(=O)Nc2ncc(Cc3ccccc3)s2)C1. The molecule has 1 aliphatic heterocycles. The second-order valence-electron chi connectivity index (χ2n) is 6.40. The van der Waals surface area contributed by atoms with Crippen LogP contribution in [0.25, 0.3) is 0 Å². The fraction of sp³-hybridized carbons (Fsp3) is 0.412. The summed E-state index contributed by atoms with van der Waals surface area (Å²) < 4.78 is 25.3. The maximum absolute atomic E-state index is 12.5. The van der Waals surface area contributed by atoms with Crippen molar-refractivity contribution in [3.63, 3.8) is 0 Å². The molecule has 1 fully saturated rings. The Bertz CT molecular complexity index is 852. The first-order chi connectivity index (χ1) is 12.4. The van der Waals surface area contributed by atoms with Gasteiger partial charge in [-0.15, -0.1) is 11.3 Å². The van der Waals surface area contributed by atoms with E-state index in [1.807, 2.05) is 18.2 Å². The molecule has 0 bridgehead atoms. The largest absolute Gasteiger partial charge is 0.323 e. The van der Waals surface area contributed by atoms with Gasteiger partial charge in [-0.25, -0.2) is 22.9 Å². The van der Waals surface area contributed by atoms with Crippen LogP contribution in [0.3, 0.4) is 0 Å². The van der Waals surface area contributed by atoms with Crippen molar-refractivity contribution in [1.82, 2.24) is 14.6 Å². The number of aromatic nitrogens is 1. The van der Waals surface area contributed by atoms with E-state index in [2.05, 4.69) is 27.2 Å². The van der Waals surface area contributed by atoms with Gasteiger partial charge in [0.15, 0.2) is 5.13 Å². The zero-order valence-electron chi connectivity index (χ0n) is 14.5. The molecule has 0 saturated carbocycles. The van der Waals surface area contributed by atoms with Crippen LogP contribution in [0.1, 0.15) is 23.3 Å². The number of nitrogens with one attached hydrogen (secondary N) is 2. The second kappa shape index (κ2) is 8.15. The molecule has 2 aromatic rings. The maximum Gasteiger partial charge on any atom is 0.323 e. The summed E-state index contributed by atoms with van der Waals surface area (Å²) in [5, 5.41) is 3.37. The number of likely N-dealkylation sites (tertiary alicyclic amines) is 1. The Labute approximate surface area is 157 Å². The monoisotopic (exact) mass is 394 g/mol. The third-order valence-electron chi connectivity index (χ3n) is 4.08. The number of thiazole rings is 1. The molecule has 1 aliphatic rings. The number of amides is 2. The number of benzene rings is 1. The van der Waals surface area contributed by atoms with Crippen LogP contribution in [0.5, 0.6) is 0 Å². The quantitative estimate of drug-likeness (QED) is 0.814. The van der Waals surface area contributed by atoms with Gasteiger partial charge in [0.1, 0.15) is 0 Å². The first-order valence-electron chi connectivity index (χ1n) is 8.41. The molecule has 1 atom stereocenters. The molecule has 3 rings (SSSR count). The zero-order chi connectivity index (χ0) is 18.6. The lowest BCUT2D eigenvalue weighted by Gasteiger charge is -2.32. The van der Waals surface area contributed by atoms with Crippen molar-refractivity contribution in [2.24, 2.45) is 0 Å². The molecular weight excluding hydrogens is 372 g/mol. The van der Waals surface area contributed by atoms with E-state index in [4.69, 9.17) is 0 Å². The predicted octanol–water partition coefficient (Wildman–Crippen LogP) is 2.28. The first-order valence-corrected chi connectivity index (χ1v) is 11.1. The standard InChI is InChI=1S/C17H22N4O3S2/c1-26(23,24)20-14-8-5-9-21(12-14)17(22)19-16-18-11-15(25-16)10-13-6-3-2-4-7-13/h2-4,6-7,11,14,20H,5,8-10,12H2,1H3,(H,18,19,22)/t14-/m1/s1. The van der Waals surface area contributed by atoms with E-state index in [1.54, 1.807) is 11.1 Å². The number of piperidine rings is 1. The lowest BCUT2D eigenvalue weighted by Crippen LogP contribution is -2.50. The number of carbonyl (C=O) groups is 1. The van der Waals surface area contributed by atoms with Gasteiger partial charge in [-0.3, -0.25) is 5.32 Å². The Hall–Kier alpha value is -1.97. The van der Waals surface area contributed by atoms with Gasteiger partial charge >= 0.3 is 6.03 Å². The number of hydrogen-bond acceptors (Lipinski definition) is 5. The summed E-state index contributed by atoms with van der Waals surface area (Å²) in [6.45, 7) is 0.969. The predicted molar refractivity (Wildman–Crippen MR) is 103 cm³/mol. The number of nitrogens with zero attached hydrogens (tertiary/aromatic N) is 2. The molecule has 0 aliphatic carbocycles. The van der Waals surface area contributed by atoms with Crippen molar-refractivity contribution in [3.8, 4) is 0 Å². The van der Waals surface area contributed by atoms with Crippen molar-refractivity contribution in [2.75, 3.05) is 24.7 Å². The third kappa shape index (κ3) is 5.52. The van der Waals surface area contributed by atoms with E-state index in [9.17, 15) is 13.2 Å². The van der Waals surface area contributed by atoms with Gasteiger partial charge in [-0.2, -0.15) is 0 Å². The molecule has 2 N–H and O–H groups in total. The minimum absolute atomic E-state index is 0.241. The minimum atomic E-state index is -3.28. The Balaban J connectivity index is 1.56. The minimum Gasteiger partial charge on any atom is -0.323 e. The molecule has 0 spiro atoms. The second-order valence-corrected chi connectivity index (χ2v) is 9.29. The van der Waals surface area contributed by atoms with E-state index in [0.29, 0.717) is 18.2 Å². The summed E-state index contributed by atoms with van der Waals surface area (Å²) in [5.74, 6) is 0. The number of rotatable bonds is 5. The number of urea groups is 1. The molecule has 140 valence electrons. The highest BCUT2D eigenvalue weighted by atomic mass is 32.2. The van der Waals surface area contributed by atoms with Crippen LogP contribution in [0.15, 0.2) is 36.5 Å². The Kier molecular flexibility index (Phi) is 5.90. The molecule has 2 heterocycles. The number of carbonyl (C=O) groups excluding carboxylic acids is 1. The molecule has 1 aromatic carbocycles. The van der Waals surface area contributed by atoms with Crippen molar-refractivity contribution in [1.29, 1.82) is 0 Å². The Morgan fingerprint density at radius 3 is 2.85 bits per heavy atom. The number of sulfonamides is 1. The van der Waals surface area contributed by atoms with Gasteiger partial charge in [0.2, 0.25) is 10.0 Å². The normalized spacial score (nSPS) is 17.9. The van der Waals surface area contributed by atoms with E-state index >= 15 is 0 Å². The van der Waals surface area contributed by atoms with Crippen molar-refractivity contribution < 1.29 is 13.2 Å². The van der Waals surface area contributed by atoms with Crippen molar-refractivity contribution in [3.05, 3.63) is 47.0 Å². The van der Waals surface area contributed by atoms with E-state index < -0.39 is 10.0 Å². The van der Waals surface area contributed by atoms with Gasteiger partial charge in [-0.05, 0) is 18.4 Å². The van der Waals surface area contributed by atoms with Crippen LogP contribution in [-0.2, 0) is 16.4 Å². The summed E-state index contributed by atoms with van der Waals surface area (Å²) in [6, 6.07) is 9.60. The van der Waals surface area contributed by atoms with Crippen molar-refractivity contribution >= 4 is 32.5 Å². The van der Waals surface area contributed by atoms with Crippen LogP contribution >= 0.6 is 11.3 Å². The molecule has 0 unspecified atom stereocenters. The molecular formula is C17H22N4O3S2. The lowest BCUT2D eigenvalue weighted by atomic mass is 10.1. The maximum atomic E-state index is 12.5. The summed E-state index contributed by atoms with van der Waals surface area (Å²) in [5.41, 5.74) is 1.19. The average Bonchev–Trinajstić information content (AvgIpc) is 3.01. The zero-order valence-corrected chi connectivity index (χ0v) is 16.1. The van der Waals surface area contributed by atoms with Crippen LogP contribution in [0.4, 0.5) is 9.93 Å². The van der Waals surface area contributed by atoms with E-state index in [1.165, 1.54) is 16.9 Å². The van der Waals surface area contributed by atoms with E-state index in [0.717, 1.165) is 30.4 Å². The molecule has 9 heteroatoms. The topological polar surface area (TPSA) is 91.4 Å². The highest BCUT2D eigenvalue weighted by Gasteiger charge is 2.26. The number of hydrogen-bond donors (Lipinski definition) is 2. The molecule has 2 amide bonds. The summed E-state index contributed by atoms with van der Waals surface area (Å²) in [7, 11) is -3.28. The van der Waals surface area contributed by atoms with Crippen LogP contribution in [0, 0.1) is 0 Å². The molecule has 1 aromatic heterocycles. The van der Waals surface area contributed by atoms with Gasteiger partial charge in [0, 0.05) is 36.6 Å². The molecule has 1 saturated heterocycles. The van der Waals surface area contributed by atoms with Crippen LogP contribution < -0.4 is 10.0 Å². The van der Waals surface area contributed by atoms with Crippen molar-refractivity contribution in [2.45, 2.75) is 25.3 Å².